The van der Waals surface area contributed by atoms with Crippen molar-refractivity contribution in [3.8, 4) is 0 Å². The minimum atomic E-state index is -0.191. The van der Waals surface area contributed by atoms with E-state index in [1.807, 2.05) is 12.1 Å². The van der Waals surface area contributed by atoms with E-state index in [-0.39, 0.29) is 11.9 Å². The van der Waals surface area contributed by atoms with Crippen LogP contribution in [0, 0.1) is 5.82 Å². The third-order valence-corrected chi connectivity index (χ3v) is 4.09. The topological polar surface area (TPSA) is 32.5 Å². The van der Waals surface area contributed by atoms with E-state index in [1.54, 1.807) is 0 Å². The minimum absolute atomic E-state index is 0.189. The molecule has 0 aliphatic carbocycles. The molecule has 0 bridgehead atoms. The Kier molecular flexibility index (Phi) is 4.91. The van der Waals surface area contributed by atoms with E-state index in [4.69, 9.17) is 5.73 Å². The molecule has 0 radical (unpaired) electrons. The largest absolute Gasteiger partial charge is 0.329 e. The molecule has 2 rings (SSSR count). The summed E-state index contributed by atoms with van der Waals surface area (Å²) in [7, 11) is 0. The average molecular weight is 265 g/mol. The summed E-state index contributed by atoms with van der Waals surface area (Å²) in [5.74, 6) is -0.191. The van der Waals surface area contributed by atoms with Gasteiger partial charge in [0, 0.05) is 38.3 Å². The lowest BCUT2D eigenvalue weighted by Gasteiger charge is -2.43. The van der Waals surface area contributed by atoms with Crippen LogP contribution in [-0.4, -0.2) is 48.6 Å². The van der Waals surface area contributed by atoms with Gasteiger partial charge < -0.3 is 10.6 Å². The highest BCUT2D eigenvalue weighted by Gasteiger charge is 2.28. The molecule has 2 N–H and O–H groups in total. The number of benzene rings is 1. The maximum atomic E-state index is 13.0. The third kappa shape index (κ3) is 3.32. The van der Waals surface area contributed by atoms with Gasteiger partial charge in [0.1, 0.15) is 5.82 Å². The van der Waals surface area contributed by atoms with E-state index in [1.165, 1.54) is 12.1 Å². The molecule has 0 aromatic heterocycles. The zero-order valence-corrected chi connectivity index (χ0v) is 11.8. The van der Waals surface area contributed by atoms with Gasteiger partial charge in [-0.05, 0) is 31.2 Å². The van der Waals surface area contributed by atoms with Crippen LogP contribution in [0.1, 0.15) is 25.5 Å². The SMILES string of the molecule is CCN1CCN(C(CN)c2ccc(F)cc2)C(C)C1. The second-order valence-electron chi connectivity index (χ2n) is 5.28. The van der Waals surface area contributed by atoms with Crippen molar-refractivity contribution in [2.45, 2.75) is 25.9 Å². The molecule has 1 saturated heterocycles. The molecule has 1 aromatic carbocycles. The monoisotopic (exact) mass is 265 g/mol. The lowest BCUT2D eigenvalue weighted by Crippen LogP contribution is -2.53. The van der Waals surface area contributed by atoms with Crippen molar-refractivity contribution < 1.29 is 4.39 Å². The van der Waals surface area contributed by atoms with Crippen LogP contribution >= 0.6 is 0 Å². The Bertz CT molecular complexity index is 393. The number of halogens is 1. The Hall–Kier alpha value is -0.970. The third-order valence-electron chi connectivity index (χ3n) is 4.09. The fourth-order valence-electron chi connectivity index (χ4n) is 2.95. The second-order valence-corrected chi connectivity index (χ2v) is 5.28. The molecule has 1 heterocycles. The van der Waals surface area contributed by atoms with Crippen molar-refractivity contribution in [1.29, 1.82) is 0 Å². The quantitative estimate of drug-likeness (QED) is 0.902. The van der Waals surface area contributed by atoms with Crippen molar-refractivity contribution in [2.24, 2.45) is 5.73 Å². The van der Waals surface area contributed by atoms with Crippen LogP contribution in [0.15, 0.2) is 24.3 Å². The van der Waals surface area contributed by atoms with Crippen molar-refractivity contribution in [3.63, 3.8) is 0 Å². The van der Waals surface area contributed by atoms with Crippen molar-refractivity contribution in [3.05, 3.63) is 35.6 Å². The van der Waals surface area contributed by atoms with Crippen molar-refractivity contribution in [1.82, 2.24) is 9.80 Å². The Morgan fingerprint density at radius 3 is 2.53 bits per heavy atom. The van der Waals surface area contributed by atoms with Gasteiger partial charge in [0.2, 0.25) is 0 Å². The molecule has 106 valence electrons. The number of piperazine rings is 1. The molecule has 1 aromatic rings. The number of nitrogens with two attached hydrogens (primary N) is 1. The van der Waals surface area contributed by atoms with Gasteiger partial charge in [0.15, 0.2) is 0 Å². The number of nitrogens with zero attached hydrogens (tertiary/aromatic N) is 2. The van der Waals surface area contributed by atoms with Crippen molar-refractivity contribution in [2.75, 3.05) is 32.7 Å². The summed E-state index contributed by atoms with van der Waals surface area (Å²) < 4.78 is 13.0. The summed E-state index contributed by atoms with van der Waals surface area (Å²) in [6.07, 6.45) is 0. The maximum Gasteiger partial charge on any atom is 0.123 e. The molecule has 19 heavy (non-hydrogen) atoms. The summed E-state index contributed by atoms with van der Waals surface area (Å²) in [5, 5.41) is 0. The summed E-state index contributed by atoms with van der Waals surface area (Å²) >= 11 is 0. The van der Waals surface area contributed by atoms with Gasteiger partial charge in [-0.3, -0.25) is 4.90 Å². The lowest BCUT2D eigenvalue weighted by molar-refractivity contribution is 0.0536. The Morgan fingerprint density at radius 1 is 1.32 bits per heavy atom. The standard InChI is InChI=1S/C15H24FN3/c1-3-18-8-9-19(12(2)11-18)15(10-17)13-4-6-14(16)7-5-13/h4-7,12,15H,3,8-11,17H2,1-2H3. The highest BCUT2D eigenvalue weighted by molar-refractivity contribution is 5.21. The first kappa shape index (κ1) is 14.4. The smallest absolute Gasteiger partial charge is 0.123 e. The molecule has 3 nitrogen and oxygen atoms in total. The minimum Gasteiger partial charge on any atom is -0.329 e. The van der Waals surface area contributed by atoms with E-state index >= 15 is 0 Å². The zero-order valence-electron chi connectivity index (χ0n) is 11.8. The molecule has 0 spiro atoms. The Balaban J connectivity index is 2.11. The number of hydrogen-bond acceptors (Lipinski definition) is 3. The summed E-state index contributed by atoms with van der Waals surface area (Å²) in [6, 6.07) is 7.41. The van der Waals surface area contributed by atoms with Crippen LogP contribution in [0.5, 0.6) is 0 Å². The zero-order chi connectivity index (χ0) is 13.8. The average Bonchev–Trinajstić information content (AvgIpc) is 2.43. The molecular weight excluding hydrogens is 241 g/mol. The van der Waals surface area contributed by atoms with Gasteiger partial charge in [-0.25, -0.2) is 4.39 Å². The first-order chi connectivity index (χ1) is 9.15. The normalized spacial score (nSPS) is 23.5. The van der Waals surface area contributed by atoms with Gasteiger partial charge >= 0.3 is 0 Å². The van der Waals surface area contributed by atoms with Crippen LogP contribution in [0.2, 0.25) is 0 Å². The molecule has 2 atom stereocenters. The highest BCUT2D eigenvalue weighted by Crippen LogP contribution is 2.24. The fraction of sp³-hybridized carbons (Fsp3) is 0.600. The van der Waals surface area contributed by atoms with Crippen molar-refractivity contribution >= 4 is 0 Å². The lowest BCUT2D eigenvalue weighted by atomic mass is 10.0. The van der Waals surface area contributed by atoms with E-state index in [0.29, 0.717) is 12.6 Å². The number of likely N-dealkylation sites (N-methyl/N-ethyl adjacent to an activating group) is 1. The van der Waals surface area contributed by atoms with Crippen LogP contribution in [-0.2, 0) is 0 Å². The molecule has 1 aliphatic rings. The van der Waals surface area contributed by atoms with Crippen LogP contribution in [0.25, 0.3) is 0 Å². The summed E-state index contributed by atoms with van der Waals surface area (Å²) in [5.41, 5.74) is 7.07. The Morgan fingerprint density at radius 2 is 2.00 bits per heavy atom. The fourth-order valence-corrected chi connectivity index (χ4v) is 2.95. The molecular formula is C15H24FN3. The molecule has 1 aliphatic heterocycles. The van der Waals surface area contributed by atoms with Crippen LogP contribution in [0.3, 0.4) is 0 Å². The van der Waals surface area contributed by atoms with E-state index in [2.05, 4.69) is 23.6 Å². The summed E-state index contributed by atoms with van der Waals surface area (Å²) in [4.78, 5) is 4.90. The van der Waals surface area contributed by atoms with Gasteiger partial charge in [-0.1, -0.05) is 19.1 Å². The van der Waals surface area contributed by atoms with E-state index < -0.39 is 0 Å². The maximum absolute atomic E-state index is 13.0. The second kappa shape index (κ2) is 6.46. The highest BCUT2D eigenvalue weighted by atomic mass is 19.1. The molecule has 2 unspecified atom stereocenters. The van der Waals surface area contributed by atoms with E-state index in [0.717, 1.165) is 31.7 Å². The van der Waals surface area contributed by atoms with Crippen LogP contribution < -0.4 is 5.73 Å². The van der Waals surface area contributed by atoms with Gasteiger partial charge in [-0.15, -0.1) is 0 Å². The van der Waals surface area contributed by atoms with Gasteiger partial charge in [0.05, 0.1) is 0 Å². The molecule has 0 saturated carbocycles. The predicted molar refractivity (Wildman–Crippen MR) is 76.5 cm³/mol. The molecule has 0 amide bonds. The van der Waals surface area contributed by atoms with Crippen LogP contribution in [0.4, 0.5) is 4.39 Å². The van der Waals surface area contributed by atoms with Gasteiger partial charge in [-0.2, -0.15) is 0 Å². The summed E-state index contributed by atoms with van der Waals surface area (Å²) in [6.45, 7) is 9.29. The molecule has 4 heteroatoms. The molecule has 1 fully saturated rings. The number of rotatable bonds is 4. The Labute approximate surface area is 115 Å². The van der Waals surface area contributed by atoms with E-state index in [9.17, 15) is 4.39 Å². The number of hydrogen-bond donors (Lipinski definition) is 1. The predicted octanol–water partition coefficient (Wildman–Crippen LogP) is 1.85. The first-order valence-electron chi connectivity index (χ1n) is 7.09. The van der Waals surface area contributed by atoms with Gasteiger partial charge in [0.25, 0.3) is 0 Å². The first-order valence-corrected chi connectivity index (χ1v) is 7.09.